The molecule has 4 aliphatic rings. The zero-order valence-electron chi connectivity index (χ0n) is 28.6. The number of carbonyl (C=O) groups excluding carboxylic acids is 4. The number of ether oxygens (including phenoxy) is 3. The quantitative estimate of drug-likeness (QED) is 0.269. The first-order chi connectivity index (χ1) is 25.3. The number of aliphatic hydroxyl groups is 1. The van der Waals surface area contributed by atoms with Crippen molar-refractivity contribution in [1.82, 2.24) is 10.2 Å². The average molecular weight is 771 g/mol. The molecule has 0 aliphatic carbocycles. The van der Waals surface area contributed by atoms with Gasteiger partial charge in [0, 0.05) is 23.1 Å². The Labute approximate surface area is 310 Å². The van der Waals surface area contributed by atoms with E-state index in [9.17, 15) is 19.5 Å². The molecular weight excluding hydrogens is 730 g/mol. The first-order valence-corrected chi connectivity index (χ1v) is 18.2. The van der Waals surface area contributed by atoms with Crippen molar-refractivity contribution in [2.45, 2.75) is 49.2 Å². The van der Waals surface area contributed by atoms with Crippen LogP contribution in [0.4, 0.5) is 5.69 Å². The molecule has 2 N–H and O–H groups in total. The second-order valence-corrected chi connectivity index (χ2v) is 14.3. The van der Waals surface area contributed by atoms with Crippen LogP contribution in [0.5, 0.6) is 5.75 Å². The van der Waals surface area contributed by atoms with E-state index in [1.807, 2.05) is 72.8 Å². The standard InChI is InChI=1S/C40H40BrN3O8/c1-50-29-18-16-27(17-19-29)43-20-10-4-9-15-32(46)42-23-31(26-13-7-3-8-14-26)51-39(49)33-34-37(47)44(28(24-45)21-25-11-5-2-6-12-25)36(38(43)48)40(34)22-30(41)35(33)52-40/h2-8,10-14,16-19,22,28,31,33-36,45H,9,15,20-21,23-24H2,1H3,(H,42,46)/b10-4-/t28-,31+,33+,34-,35+,36+,40-/m1/s1. The molecule has 4 aliphatic heterocycles. The molecule has 11 nitrogen and oxygen atoms in total. The number of nitrogens with zero attached hydrogens (tertiary/aromatic N) is 2. The Bertz CT molecular complexity index is 1870. The largest absolute Gasteiger partial charge is 0.497 e. The Morgan fingerprint density at radius 2 is 1.67 bits per heavy atom. The number of halogens is 1. The molecule has 3 aromatic carbocycles. The Balaban J connectivity index is 1.35. The molecule has 3 aromatic rings. The number of likely N-dealkylation sites (tertiary alicyclic amines) is 1. The average Bonchev–Trinajstić information content (AvgIpc) is 3.77. The summed E-state index contributed by atoms with van der Waals surface area (Å²) in [5.41, 5.74) is 0.530. The van der Waals surface area contributed by atoms with Crippen LogP contribution in [-0.4, -0.2) is 84.3 Å². The van der Waals surface area contributed by atoms with Crippen molar-refractivity contribution in [1.29, 1.82) is 0 Å². The number of amides is 3. The summed E-state index contributed by atoms with van der Waals surface area (Å²) in [4.78, 5) is 60.5. The predicted molar refractivity (Wildman–Crippen MR) is 195 cm³/mol. The van der Waals surface area contributed by atoms with E-state index < -0.39 is 66.1 Å². The fourth-order valence-electron chi connectivity index (χ4n) is 7.89. The maximum absolute atomic E-state index is 15.3. The molecule has 0 unspecified atom stereocenters. The van der Waals surface area contributed by atoms with Crippen LogP contribution in [-0.2, 0) is 35.1 Å². The molecule has 7 rings (SSSR count). The van der Waals surface area contributed by atoms with Crippen LogP contribution in [0.1, 0.15) is 30.1 Å². The summed E-state index contributed by atoms with van der Waals surface area (Å²) in [7, 11) is 1.55. The number of hydrogen-bond acceptors (Lipinski definition) is 8. The molecular formula is C40H40BrN3O8. The minimum Gasteiger partial charge on any atom is -0.497 e. The van der Waals surface area contributed by atoms with Crippen LogP contribution in [0, 0.1) is 11.8 Å². The highest BCUT2D eigenvalue weighted by molar-refractivity contribution is 9.11. The third kappa shape index (κ3) is 6.55. The van der Waals surface area contributed by atoms with Crippen molar-refractivity contribution in [3.63, 3.8) is 0 Å². The highest BCUT2D eigenvalue weighted by Crippen LogP contribution is 2.59. The number of aliphatic hydroxyl groups excluding tert-OH is 1. The second-order valence-electron chi connectivity index (χ2n) is 13.4. The van der Waals surface area contributed by atoms with Gasteiger partial charge in [-0.05, 0) is 54.3 Å². The van der Waals surface area contributed by atoms with Gasteiger partial charge < -0.3 is 34.4 Å². The molecule has 7 atom stereocenters. The van der Waals surface area contributed by atoms with E-state index in [1.165, 1.54) is 4.90 Å². The van der Waals surface area contributed by atoms with Gasteiger partial charge in [0.2, 0.25) is 11.8 Å². The van der Waals surface area contributed by atoms with E-state index in [0.29, 0.717) is 27.9 Å². The van der Waals surface area contributed by atoms with Gasteiger partial charge in [-0.2, -0.15) is 0 Å². The van der Waals surface area contributed by atoms with Crippen LogP contribution in [0.2, 0.25) is 0 Å². The molecule has 270 valence electrons. The predicted octanol–water partition coefficient (Wildman–Crippen LogP) is 4.26. The van der Waals surface area contributed by atoms with E-state index >= 15 is 4.79 Å². The number of cyclic esters (lactones) is 1. The van der Waals surface area contributed by atoms with Crippen molar-refractivity contribution in [3.8, 4) is 5.75 Å². The van der Waals surface area contributed by atoms with Gasteiger partial charge in [-0.1, -0.05) is 88.7 Å². The molecule has 12 heteroatoms. The first-order valence-electron chi connectivity index (χ1n) is 17.4. The molecule has 0 radical (unpaired) electrons. The van der Waals surface area contributed by atoms with Gasteiger partial charge >= 0.3 is 5.97 Å². The van der Waals surface area contributed by atoms with Crippen molar-refractivity contribution < 1.29 is 38.5 Å². The number of esters is 1. The van der Waals surface area contributed by atoms with Gasteiger partial charge in [-0.3, -0.25) is 19.2 Å². The van der Waals surface area contributed by atoms with Gasteiger partial charge in [0.05, 0.1) is 32.2 Å². The Morgan fingerprint density at radius 3 is 2.37 bits per heavy atom. The highest BCUT2D eigenvalue weighted by Gasteiger charge is 2.75. The lowest BCUT2D eigenvalue weighted by atomic mass is 9.74. The summed E-state index contributed by atoms with van der Waals surface area (Å²) in [6.45, 7) is -0.293. The lowest BCUT2D eigenvalue weighted by Gasteiger charge is -2.38. The summed E-state index contributed by atoms with van der Waals surface area (Å²) in [6.07, 6.45) is 4.51. The van der Waals surface area contributed by atoms with Crippen molar-refractivity contribution >= 4 is 45.3 Å². The zero-order chi connectivity index (χ0) is 36.4. The van der Waals surface area contributed by atoms with E-state index in [4.69, 9.17) is 14.2 Å². The minimum atomic E-state index is -1.55. The smallest absolute Gasteiger partial charge is 0.313 e. The fourth-order valence-corrected chi connectivity index (χ4v) is 8.63. The molecule has 3 amide bonds. The van der Waals surface area contributed by atoms with E-state index in [1.54, 1.807) is 42.4 Å². The number of allylic oxidation sites excluding steroid dienone is 1. The van der Waals surface area contributed by atoms with Gasteiger partial charge in [-0.15, -0.1) is 0 Å². The first kappa shape index (κ1) is 35.6. The Morgan fingerprint density at radius 1 is 0.962 bits per heavy atom. The Kier molecular flexibility index (Phi) is 10.3. The van der Waals surface area contributed by atoms with Crippen LogP contribution in [0.15, 0.2) is 108 Å². The molecule has 2 fully saturated rings. The number of carbonyl (C=O) groups is 4. The maximum Gasteiger partial charge on any atom is 0.313 e. The number of methoxy groups -OCH3 is 1. The SMILES string of the molecule is COc1ccc(N2C/C=C\CCC(=O)NC[C@@H](c3ccccc3)OC(=O)[C@@H]3[C@H]4O[C@@]5(C=C4Br)[C@H](C2=O)N([C@@H](CO)Cc2ccccc2)C(=O)[C@@H]35)cc1. The summed E-state index contributed by atoms with van der Waals surface area (Å²) in [5.74, 6) is -3.48. The van der Waals surface area contributed by atoms with Gasteiger partial charge in [0.1, 0.15) is 35.5 Å². The molecule has 5 bridgehead atoms. The zero-order valence-corrected chi connectivity index (χ0v) is 30.2. The number of benzene rings is 3. The third-order valence-corrected chi connectivity index (χ3v) is 11.0. The highest BCUT2D eigenvalue weighted by atomic mass is 79.9. The molecule has 0 saturated carbocycles. The fraction of sp³-hybridized carbons (Fsp3) is 0.350. The van der Waals surface area contributed by atoms with E-state index in [2.05, 4.69) is 21.2 Å². The number of rotatable bonds is 7. The summed E-state index contributed by atoms with van der Waals surface area (Å²) >= 11 is 3.61. The second kappa shape index (κ2) is 15.1. The number of anilines is 1. The monoisotopic (exact) mass is 769 g/mol. The van der Waals surface area contributed by atoms with Crippen LogP contribution in [0.3, 0.4) is 0 Å². The number of hydrogen-bond donors (Lipinski definition) is 2. The molecule has 0 aromatic heterocycles. The van der Waals surface area contributed by atoms with Gasteiger partial charge in [-0.25, -0.2) is 0 Å². The van der Waals surface area contributed by atoms with Gasteiger partial charge in [0.15, 0.2) is 0 Å². The van der Waals surface area contributed by atoms with Gasteiger partial charge in [0.25, 0.3) is 5.91 Å². The number of fused-ring (bicyclic) bond motifs is 2. The van der Waals surface area contributed by atoms with Crippen LogP contribution < -0.4 is 15.0 Å². The van der Waals surface area contributed by atoms with E-state index in [0.717, 1.165) is 5.56 Å². The van der Waals surface area contributed by atoms with Crippen LogP contribution in [0.25, 0.3) is 0 Å². The molecule has 52 heavy (non-hydrogen) atoms. The van der Waals surface area contributed by atoms with Crippen molar-refractivity contribution in [2.75, 3.05) is 31.7 Å². The number of nitrogens with one attached hydrogen (secondary N) is 1. The summed E-state index contributed by atoms with van der Waals surface area (Å²) in [5, 5.41) is 13.8. The molecule has 4 heterocycles. The summed E-state index contributed by atoms with van der Waals surface area (Å²) in [6, 6.07) is 23.5. The normalized spacial score (nSPS) is 28.9. The molecule has 2 saturated heterocycles. The lowest BCUT2D eigenvalue weighted by molar-refractivity contribution is -0.160. The summed E-state index contributed by atoms with van der Waals surface area (Å²) < 4.78 is 18.8. The lowest BCUT2D eigenvalue weighted by Crippen LogP contribution is -2.59. The third-order valence-electron chi connectivity index (χ3n) is 10.3. The minimum absolute atomic E-state index is 0.0272. The Hall–Kier alpha value is -4.78. The molecule has 1 spiro atoms. The topological polar surface area (TPSA) is 135 Å². The van der Waals surface area contributed by atoms with Crippen LogP contribution >= 0.6 is 15.9 Å². The van der Waals surface area contributed by atoms with Crippen molar-refractivity contribution in [3.05, 3.63) is 119 Å². The van der Waals surface area contributed by atoms with E-state index in [-0.39, 0.29) is 31.8 Å². The van der Waals surface area contributed by atoms with Crippen molar-refractivity contribution in [2.24, 2.45) is 11.8 Å². The maximum atomic E-state index is 15.3.